The summed E-state index contributed by atoms with van der Waals surface area (Å²) in [6.07, 6.45) is 3.76. The zero-order valence-electron chi connectivity index (χ0n) is 58.7. The second kappa shape index (κ2) is 18.1. The second-order valence-electron chi connectivity index (χ2n) is 22.4. The minimum atomic E-state index is -1.00. The van der Waals surface area contributed by atoms with Crippen molar-refractivity contribution in [1.29, 1.82) is 0 Å². The Hall–Kier alpha value is -9.36. The van der Waals surface area contributed by atoms with Gasteiger partial charge >= 0.3 is 0 Å². The number of hydrogen-bond donors (Lipinski definition) is 0. The van der Waals surface area contributed by atoms with E-state index in [0.717, 1.165) is 70.4 Å². The first-order valence-electron chi connectivity index (χ1n) is 34.9. The molecule has 17 rings (SSSR count). The van der Waals surface area contributed by atoms with Gasteiger partial charge in [0.25, 0.3) is 6.71 Å². The molecule has 1 fully saturated rings. The van der Waals surface area contributed by atoms with Crippen LogP contribution in [0, 0.1) is 0 Å². The van der Waals surface area contributed by atoms with Crippen molar-refractivity contribution in [3.05, 3.63) is 260 Å². The molecule has 82 heavy (non-hydrogen) atoms. The predicted octanol–water partition coefficient (Wildman–Crippen LogP) is 19.3. The average molecular weight is 1080 g/mol. The number of rotatable bonds is 7. The lowest BCUT2D eigenvalue weighted by molar-refractivity contribution is 0.195. The van der Waals surface area contributed by atoms with E-state index in [0.29, 0.717) is 43.4 Å². The number of hydrogen-bond acceptors (Lipinski definition) is 5. The van der Waals surface area contributed by atoms with Gasteiger partial charge in [-0.05, 0) is 153 Å². The highest BCUT2D eigenvalue weighted by Crippen LogP contribution is 2.62. The third kappa shape index (κ3) is 6.98. The van der Waals surface area contributed by atoms with Crippen molar-refractivity contribution in [2.45, 2.75) is 50.5 Å². The molecule has 0 spiro atoms. The zero-order chi connectivity index (χ0) is 66.4. The van der Waals surface area contributed by atoms with Gasteiger partial charge in [-0.3, -0.25) is 0 Å². The SMILES string of the molecule is [2H]c1c([2H])c([2H])c(-c2c([2H])c([2H])c3c(oc4c([2H])c5c(c([2H])c43)N(c3cccc(-c4ccccc4)c3)c3cc(N4c6cc(-c7ccccc7)ccc6C6(C)CCCCC46C)cc4c3B5c3sc5c([2H])c([2H])c([2H])c([2H])c5c3N4c3cccc(-c4ccccc4)c3)c2[2H])c([2H])c1[2H]. The Morgan fingerprint density at radius 2 is 1.07 bits per heavy atom. The van der Waals surface area contributed by atoms with Gasteiger partial charge in [-0.25, -0.2) is 0 Å². The van der Waals surface area contributed by atoms with E-state index in [4.69, 9.17) is 12.6 Å². The summed E-state index contributed by atoms with van der Waals surface area (Å²) in [4.78, 5) is 6.69. The van der Waals surface area contributed by atoms with Crippen molar-refractivity contribution in [2.24, 2.45) is 0 Å². The van der Waals surface area contributed by atoms with E-state index in [1.165, 1.54) is 16.9 Å². The van der Waals surface area contributed by atoms with Crippen molar-refractivity contribution < 1.29 is 23.6 Å². The van der Waals surface area contributed by atoms with Crippen molar-refractivity contribution in [2.75, 3.05) is 14.7 Å². The third-order valence-electron chi connectivity index (χ3n) is 18.1. The number of fused-ring (bicyclic) bond motifs is 12. The molecule has 1 saturated carbocycles. The van der Waals surface area contributed by atoms with Crippen LogP contribution in [0.2, 0.25) is 0 Å². The molecule has 11 aromatic carbocycles. The molecule has 4 nitrogen and oxygen atoms in total. The highest BCUT2D eigenvalue weighted by molar-refractivity contribution is 7.33. The minimum Gasteiger partial charge on any atom is -0.456 e. The molecule has 5 heterocycles. The second-order valence-corrected chi connectivity index (χ2v) is 23.4. The summed E-state index contributed by atoms with van der Waals surface area (Å²) < 4.78 is 141. The Morgan fingerprint density at radius 3 is 1.78 bits per heavy atom. The lowest BCUT2D eigenvalue weighted by Crippen LogP contribution is -2.60. The maximum atomic E-state index is 11.0. The van der Waals surface area contributed by atoms with E-state index in [2.05, 4.69) is 78.2 Å². The van der Waals surface area contributed by atoms with Crippen LogP contribution in [0.1, 0.15) is 64.3 Å². The van der Waals surface area contributed by atoms with Gasteiger partial charge in [-0.1, -0.05) is 202 Å². The number of furan rings is 1. The first-order chi connectivity index (χ1) is 46.2. The highest BCUT2D eigenvalue weighted by atomic mass is 32.1. The Bertz CT molecular complexity index is 5550. The van der Waals surface area contributed by atoms with E-state index >= 15 is 0 Å². The van der Waals surface area contributed by atoms with Crippen LogP contribution in [0.4, 0.5) is 45.5 Å². The molecule has 2 aromatic heterocycles. The molecule has 0 saturated heterocycles. The van der Waals surface area contributed by atoms with Crippen LogP contribution in [0.5, 0.6) is 0 Å². The van der Waals surface area contributed by atoms with Gasteiger partial charge in [0.1, 0.15) is 11.2 Å². The number of thiophene rings is 1. The number of anilines is 8. The Labute approximate surface area is 502 Å². The maximum Gasteiger partial charge on any atom is 0.264 e. The van der Waals surface area contributed by atoms with Crippen LogP contribution in [-0.4, -0.2) is 12.3 Å². The van der Waals surface area contributed by atoms with Crippen LogP contribution in [-0.2, 0) is 5.41 Å². The summed E-state index contributed by atoms with van der Waals surface area (Å²) in [7, 11) is 0. The molecule has 13 aromatic rings. The Kier molecular flexibility index (Phi) is 7.80. The van der Waals surface area contributed by atoms with Crippen molar-refractivity contribution >= 4 is 111 Å². The Balaban J connectivity index is 1.05. The summed E-state index contributed by atoms with van der Waals surface area (Å²) in [5, 5.41) is 0.0934. The number of benzene rings is 11. The summed E-state index contributed by atoms with van der Waals surface area (Å²) in [5.74, 6) is 0. The smallest absolute Gasteiger partial charge is 0.264 e. The maximum absolute atomic E-state index is 11.0. The van der Waals surface area contributed by atoms with Gasteiger partial charge in [-0.2, -0.15) is 0 Å². The standard InChI is InChI=1S/C76H56BN3OS/c1-75-39-17-18-40-76(75,2)80(65-43-55(36-38-63(65)75)51-25-11-5-12-26-51)59-45-67-72-68(46-59)79(58-32-20-30-54(42-58)50-23-9-4-10-24-50)73-61-33-15-16-34-71(61)82-74(73)77(72)64-48-70-62(60-37-35-56(44-69(60)81-70)52-27-13-6-14-28-52)47-66(64)78(67)57-31-19-29-53(41-57)49-21-7-3-8-22-49/h3-16,19-38,41-48H,17-18,39-40H2,1-2H3/i6D,13D,14D,15D,16D,27D,28D,33D,34D,35D,37D,44D,47D,48D. The predicted molar refractivity (Wildman–Crippen MR) is 348 cm³/mol. The molecule has 0 radical (unpaired) electrons. The molecule has 2 unspecified atom stereocenters. The molecule has 0 N–H and O–H groups in total. The lowest BCUT2D eigenvalue weighted by Gasteiger charge is -2.51. The monoisotopic (exact) mass is 1080 g/mol. The van der Waals surface area contributed by atoms with Gasteiger partial charge in [-0.15, -0.1) is 11.3 Å². The quantitative estimate of drug-likeness (QED) is 0.148. The zero-order valence-corrected chi connectivity index (χ0v) is 45.5. The van der Waals surface area contributed by atoms with E-state index in [9.17, 15) is 11.0 Å². The third-order valence-corrected chi connectivity index (χ3v) is 19.2. The fraction of sp³-hybridized carbons (Fsp3) is 0.105. The van der Waals surface area contributed by atoms with Crippen LogP contribution < -0.4 is 30.4 Å². The van der Waals surface area contributed by atoms with Crippen molar-refractivity contribution in [3.8, 4) is 44.5 Å². The molecule has 3 aliphatic heterocycles. The van der Waals surface area contributed by atoms with E-state index in [1.807, 2.05) is 120 Å². The molecular weight excluding hydrogens is 1010 g/mol. The molecule has 0 amide bonds. The van der Waals surface area contributed by atoms with Crippen LogP contribution in [0.15, 0.2) is 259 Å². The topological polar surface area (TPSA) is 22.9 Å². The van der Waals surface area contributed by atoms with Gasteiger partial charge in [0.05, 0.1) is 30.4 Å². The molecule has 2 atom stereocenters. The van der Waals surface area contributed by atoms with Crippen molar-refractivity contribution in [1.82, 2.24) is 0 Å². The molecule has 1 aliphatic carbocycles. The first-order valence-corrected chi connectivity index (χ1v) is 28.7. The van der Waals surface area contributed by atoms with Crippen LogP contribution in [0.25, 0.3) is 76.5 Å². The largest absolute Gasteiger partial charge is 0.456 e. The van der Waals surface area contributed by atoms with E-state index in [1.54, 1.807) is 0 Å². The average Bonchev–Trinajstić information content (AvgIpc) is 1.38. The molecular formula is C76H56BN3OS. The molecule has 4 aliphatic rings. The van der Waals surface area contributed by atoms with Gasteiger partial charge in [0.2, 0.25) is 0 Å². The summed E-state index contributed by atoms with van der Waals surface area (Å²) >= 11 is 1.21. The van der Waals surface area contributed by atoms with Gasteiger partial charge in [0, 0.05) is 70.9 Å². The molecule has 6 heteroatoms. The number of nitrogens with zero attached hydrogens (tertiary/aromatic N) is 3. The van der Waals surface area contributed by atoms with Crippen LogP contribution in [0.3, 0.4) is 0 Å². The highest BCUT2D eigenvalue weighted by Gasteiger charge is 2.58. The molecule has 390 valence electrons. The van der Waals surface area contributed by atoms with Gasteiger partial charge < -0.3 is 19.1 Å². The summed E-state index contributed by atoms with van der Waals surface area (Å²) in [6, 6.07) is 50.9. The fourth-order valence-corrected chi connectivity index (χ4v) is 15.3. The summed E-state index contributed by atoms with van der Waals surface area (Å²) in [5.41, 5.74) is 10.7. The minimum absolute atomic E-state index is 0.0453. The lowest BCUT2D eigenvalue weighted by atomic mass is 9.36. The van der Waals surface area contributed by atoms with Crippen molar-refractivity contribution in [3.63, 3.8) is 0 Å². The van der Waals surface area contributed by atoms with Crippen LogP contribution >= 0.6 is 11.3 Å². The normalized spacial score (nSPS) is 20.1. The molecule has 0 bridgehead atoms. The Morgan fingerprint density at radius 1 is 0.463 bits per heavy atom. The fourth-order valence-electron chi connectivity index (χ4n) is 14.1. The van der Waals surface area contributed by atoms with E-state index in [-0.39, 0.29) is 68.1 Å². The summed E-state index contributed by atoms with van der Waals surface area (Å²) in [6.45, 7) is 3.76. The van der Waals surface area contributed by atoms with Gasteiger partial charge in [0.15, 0.2) is 0 Å². The van der Waals surface area contributed by atoms with E-state index < -0.39 is 83.8 Å². The first kappa shape index (κ1) is 35.4.